The van der Waals surface area contributed by atoms with Crippen molar-refractivity contribution < 1.29 is 22.8 Å². The molecule has 3 heterocycles. The Hall–Kier alpha value is -3.45. The summed E-state index contributed by atoms with van der Waals surface area (Å²) in [6, 6.07) is 8.10. The van der Waals surface area contributed by atoms with Gasteiger partial charge in [0.2, 0.25) is 5.91 Å². The summed E-state index contributed by atoms with van der Waals surface area (Å²) in [6.07, 6.45) is 3.51. The van der Waals surface area contributed by atoms with Gasteiger partial charge in [-0.1, -0.05) is 12.1 Å². The topological polar surface area (TPSA) is 81.7 Å². The fourth-order valence-corrected chi connectivity index (χ4v) is 4.51. The van der Waals surface area contributed by atoms with Crippen LogP contribution < -0.4 is 10.9 Å². The lowest BCUT2D eigenvalue weighted by Gasteiger charge is -2.12. The summed E-state index contributed by atoms with van der Waals surface area (Å²) in [5.74, 6) is -0.554. The predicted octanol–water partition coefficient (Wildman–Crippen LogP) is 4.80. The molecule has 0 radical (unpaired) electrons. The van der Waals surface area contributed by atoms with Crippen LogP contribution in [0.15, 0.2) is 50.2 Å². The van der Waals surface area contributed by atoms with Crippen LogP contribution >= 0.6 is 0 Å². The van der Waals surface area contributed by atoms with Gasteiger partial charge in [-0.05, 0) is 56.0 Å². The first-order valence-corrected chi connectivity index (χ1v) is 11.0. The molecule has 1 aliphatic rings. The molecule has 170 valence electrons. The summed E-state index contributed by atoms with van der Waals surface area (Å²) in [5, 5.41) is 4.43. The van der Waals surface area contributed by atoms with Gasteiger partial charge < -0.3 is 18.9 Å². The van der Waals surface area contributed by atoms with Crippen LogP contribution in [0.3, 0.4) is 0 Å². The number of hydrogen-bond donors (Lipinski definition) is 1. The highest BCUT2D eigenvalue weighted by Gasteiger charge is 2.21. The van der Waals surface area contributed by atoms with E-state index in [1.165, 1.54) is 12.1 Å². The van der Waals surface area contributed by atoms with E-state index in [-0.39, 0.29) is 24.2 Å². The van der Waals surface area contributed by atoms with Crippen molar-refractivity contribution in [1.29, 1.82) is 0 Å². The molecule has 7 heteroatoms. The highest BCUT2D eigenvalue weighted by Crippen LogP contribution is 2.37. The van der Waals surface area contributed by atoms with Crippen LogP contribution in [0.5, 0.6) is 0 Å². The second-order valence-corrected chi connectivity index (χ2v) is 8.52. The van der Waals surface area contributed by atoms with Crippen molar-refractivity contribution in [2.24, 2.45) is 0 Å². The van der Waals surface area contributed by atoms with E-state index in [1.807, 2.05) is 19.9 Å². The van der Waals surface area contributed by atoms with Gasteiger partial charge in [0.15, 0.2) is 0 Å². The number of benzene rings is 2. The van der Waals surface area contributed by atoms with Gasteiger partial charge in [-0.25, -0.2) is 9.18 Å². The van der Waals surface area contributed by atoms with Gasteiger partial charge in [-0.2, -0.15) is 0 Å². The maximum atomic E-state index is 13.4. The molecular formula is C26H24FNO5. The Balaban J connectivity index is 1.54. The maximum absolute atomic E-state index is 13.4. The quantitative estimate of drug-likeness (QED) is 0.443. The number of carbonyl (C=O) groups is 1. The molecule has 2 aromatic heterocycles. The number of nitrogens with one attached hydrogen (secondary N) is 1. The Morgan fingerprint density at radius 3 is 2.64 bits per heavy atom. The van der Waals surface area contributed by atoms with E-state index < -0.39 is 5.63 Å². The number of carbonyl (C=O) groups excluding carboxylic acids is 1. The van der Waals surface area contributed by atoms with Gasteiger partial charge in [-0.15, -0.1) is 0 Å². The highest BCUT2D eigenvalue weighted by atomic mass is 19.1. The molecule has 6 nitrogen and oxygen atoms in total. The van der Waals surface area contributed by atoms with Crippen molar-refractivity contribution >= 4 is 27.8 Å². The Kier molecular flexibility index (Phi) is 5.50. The normalized spacial score (nSPS) is 16.0. The van der Waals surface area contributed by atoms with Crippen molar-refractivity contribution in [2.45, 2.75) is 39.2 Å². The summed E-state index contributed by atoms with van der Waals surface area (Å²) in [4.78, 5) is 25.3. The molecule has 1 N–H and O–H groups in total. The molecule has 1 aliphatic heterocycles. The van der Waals surface area contributed by atoms with Crippen LogP contribution in [0.25, 0.3) is 33.1 Å². The van der Waals surface area contributed by atoms with E-state index in [2.05, 4.69) is 5.32 Å². The smallest absolute Gasteiger partial charge is 0.340 e. The molecule has 1 fully saturated rings. The van der Waals surface area contributed by atoms with Crippen molar-refractivity contribution in [1.82, 2.24) is 5.32 Å². The summed E-state index contributed by atoms with van der Waals surface area (Å²) < 4.78 is 30.4. The van der Waals surface area contributed by atoms with E-state index in [0.29, 0.717) is 34.4 Å². The van der Waals surface area contributed by atoms with Gasteiger partial charge in [0.1, 0.15) is 17.0 Å². The zero-order valence-corrected chi connectivity index (χ0v) is 18.5. The zero-order chi connectivity index (χ0) is 23.1. The van der Waals surface area contributed by atoms with Gasteiger partial charge in [0.05, 0.1) is 24.4 Å². The minimum atomic E-state index is -0.528. The molecule has 0 unspecified atom stereocenters. The highest BCUT2D eigenvalue weighted by molar-refractivity contribution is 6.05. The number of aryl methyl sites for hydroxylation is 2. The number of rotatable bonds is 5. The number of ether oxygens (including phenoxy) is 1. The van der Waals surface area contributed by atoms with Crippen molar-refractivity contribution in [3.8, 4) is 11.1 Å². The lowest BCUT2D eigenvalue weighted by Crippen LogP contribution is -2.34. The summed E-state index contributed by atoms with van der Waals surface area (Å²) in [5.41, 5.74) is 3.88. The molecule has 1 saturated heterocycles. The number of hydrogen-bond acceptors (Lipinski definition) is 5. The zero-order valence-electron chi connectivity index (χ0n) is 18.5. The molecule has 0 saturated carbocycles. The van der Waals surface area contributed by atoms with Gasteiger partial charge in [-0.3, -0.25) is 4.79 Å². The molecule has 1 amide bonds. The summed E-state index contributed by atoms with van der Waals surface area (Å²) in [6.45, 7) is 4.81. The fraction of sp³-hybridized carbons (Fsp3) is 0.308. The minimum Gasteiger partial charge on any atom is -0.463 e. The van der Waals surface area contributed by atoms with E-state index in [9.17, 15) is 14.0 Å². The third-order valence-electron chi connectivity index (χ3n) is 6.39. The van der Waals surface area contributed by atoms with Crippen LogP contribution in [0.1, 0.15) is 29.5 Å². The van der Waals surface area contributed by atoms with Crippen LogP contribution in [0.2, 0.25) is 0 Å². The summed E-state index contributed by atoms with van der Waals surface area (Å²) >= 11 is 0. The molecule has 5 rings (SSSR count). The molecule has 1 atom stereocenters. The first-order chi connectivity index (χ1) is 15.9. The van der Waals surface area contributed by atoms with Crippen molar-refractivity contribution in [3.63, 3.8) is 0 Å². The van der Waals surface area contributed by atoms with E-state index >= 15 is 0 Å². The number of halogens is 1. The SMILES string of the molecule is Cc1c(CC(=O)NC[C@H]2CCCO2)c(=O)oc2c(C)c3occ(-c4ccc(F)cc4)c3cc12. The molecule has 0 bridgehead atoms. The predicted molar refractivity (Wildman–Crippen MR) is 123 cm³/mol. The second kappa shape index (κ2) is 8.48. The first kappa shape index (κ1) is 21.4. The number of furan rings is 1. The molecule has 0 aliphatic carbocycles. The molecule has 0 spiro atoms. The Morgan fingerprint density at radius 2 is 1.91 bits per heavy atom. The second-order valence-electron chi connectivity index (χ2n) is 8.52. The number of fused-ring (bicyclic) bond motifs is 2. The average Bonchev–Trinajstić information content (AvgIpc) is 3.47. The number of amides is 1. The molecular weight excluding hydrogens is 425 g/mol. The largest absolute Gasteiger partial charge is 0.463 e. The molecule has 4 aromatic rings. The van der Waals surface area contributed by atoms with Gasteiger partial charge in [0.25, 0.3) is 0 Å². The van der Waals surface area contributed by atoms with E-state index in [0.717, 1.165) is 41.3 Å². The third kappa shape index (κ3) is 3.93. The standard InChI is InChI=1S/C26H24FNO5/c1-14-19-10-21-22(16-5-7-17(27)8-6-16)13-32-24(21)15(2)25(19)33-26(30)20(14)11-23(29)28-12-18-4-3-9-31-18/h5-8,10,13,18H,3-4,9,11-12H2,1-2H3,(H,28,29)/t18-/m1/s1. The van der Waals surface area contributed by atoms with Gasteiger partial charge >= 0.3 is 5.63 Å². The minimum absolute atomic E-state index is 0.0324. The fourth-order valence-electron chi connectivity index (χ4n) is 4.51. The molecule has 2 aromatic carbocycles. The van der Waals surface area contributed by atoms with Gasteiger partial charge in [0, 0.05) is 35.1 Å². The lowest BCUT2D eigenvalue weighted by molar-refractivity contribution is -0.121. The average molecular weight is 449 g/mol. The third-order valence-corrected chi connectivity index (χ3v) is 6.39. The Bertz CT molecular complexity index is 1410. The maximum Gasteiger partial charge on any atom is 0.340 e. The van der Waals surface area contributed by atoms with E-state index in [4.69, 9.17) is 13.6 Å². The van der Waals surface area contributed by atoms with Crippen LogP contribution in [-0.2, 0) is 16.0 Å². The van der Waals surface area contributed by atoms with Crippen molar-refractivity contribution in [3.05, 3.63) is 69.5 Å². The van der Waals surface area contributed by atoms with Crippen LogP contribution in [0, 0.1) is 19.7 Å². The van der Waals surface area contributed by atoms with Crippen LogP contribution in [-0.4, -0.2) is 25.2 Å². The van der Waals surface area contributed by atoms with Crippen LogP contribution in [0.4, 0.5) is 4.39 Å². The Morgan fingerprint density at radius 1 is 1.12 bits per heavy atom. The summed E-state index contributed by atoms with van der Waals surface area (Å²) in [7, 11) is 0. The first-order valence-electron chi connectivity index (χ1n) is 11.0. The monoisotopic (exact) mass is 449 g/mol. The van der Waals surface area contributed by atoms with E-state index in [1.54, 1.807) is 18.4 Å². The Labute approximate surface area is 189 Å². The molecule has 33 heavy (non-hydrogen) atoms. The van der Waals surface area contributed by atoms with Crippen molar-refractivity contribution in [2.75, 3.05) is 13.2 Å². The lowest BCUT2D eigenvalue weighted by atomic mass is 9.97.